The number of ether oxygens (including phenoxy) is 6. The van der Waals surface area contributed by atoms with Crippen molar-refractivity contribution in [3.05, 3.63) is 109 Å². The van der Waals surface area contributed by atoms with Gasteiger partial charge in [-0.2, -0.15) is 0 Å². The van der Waals surface area contributed by atoms with E-state index in [0.29, 0.717) is 66.1 Å². The highest BCUT2D eigenvalue weighted by molar-refractivity contribution is 5.92. The summed E-state index contributed by atoms with van der Waals surface area (Å²) in [6.45, 7) is 10.4. The zero-order valence-corrected chi connectivity index (χ0v) is 28.7. The third kappa shape index (κ3) is 14.8. The van der Waals surface area contributed by atoms with Gasteiger partial charge in [-0.25, -0.2) is 19.2 Å². The van der Waals surface area contributed by atoms with Crippen LogP contribution in [0, 0.1) is 6.92 Å². The Morgan fingerprint density at radius 1 is 0.520 bits per heavy atom. The van der Waals surface area contributed by atoms with Crippen LogP contribution in [0.1, 0.15) is 84.1 Å². The van der Waals surface area contributed by atoms with Gasteiger partial charge >= 0.3 is 23.9 Å². The van der Waals surface area contributed by atoms with E-state index >= 15 is 0 Å². The summed E-state index contributed by atoms with van der Waals surface area (Å²) in [6.07, 6.45) is 10.6. The number of benzene rings is 3. The van der Waals surface area contributed by atoms with Crippen LogP contribution in [0.2, 0.25) is 0 Å². The third-order valence-electron chi connectivity index (χ3n) is 7.43. The zero-order valence-electron chi connectivity index (χ0n) is 28.7. The maximum Gasteiger partial charge on any atom is 0.343 e. The monoisotopic (exact) mass is 686 g/mol. The molecule has 0 bridgehead atoms. The van der Waals surface area contributed by atoms with Gasteiger partial charge in [-0.3, -0.25) is 0 Å². The van der Waals surface area contributed by atoms with E-state index in [2.05, 4.69) is 13.2 Å². The molecule has 0 amide bonds. The van der Waals surface area contributed by atoms with E-state index < -0.39 is 23.9 Å². The fourth-order valence-corrected chi connectivity index (χ4v) is 4.63. The normalized spacial score (nSPS) is 10.4. The summed E-state index contributed by atoms with van der Waals surface area (Å²) < 4.78 is 32.6. The molecule has 50 heavy (non-hydrogen) atoms. The van der Waals surface area contributed by atoms with Crippen LogP contribution in [0.3, 0.4) is 0 Å². The number of carbonyl (C=O) groups is 4. The second-order valence-corrected chi connectivity index (χ2v) is 11.4. The highest BCUT2D eigenvalue weighted by Crippen LogP contribution is 2.26. The number of hydrogen-bond acceptors (Lipinski definition) is 10. The maximum absolute atomic E-state index is 12.8. The summed E-state index contributed by atoms with van der Waals surface area (Å²) in [5.41, 5.74) is 1.37. The van der Waals surface area contributed by atoms with Crippen molar-refractivity contribution in [3.63, 3.8) is 0 Å². The summed E-state index contributed by atoms with van der Waals surface area (Å²) in [5, 5.41) is 0. The third-order valence-corrected chi connectivity index (χ3v) is 7.43. The Kier molecular flexibility index (Phi) is 17.4. The second kappa shape index (κ2) is 22.3. The number of hydrogen-bond donors (Lipinski definition) is 0. The molecule has 0 N–H and O–H groups in total. The largest absolute Gasteiger partial charge is 0.494 e. The first kappa shape index (κ1) is 39.1. The van der Waals surface area contributed by atoms with Crippen LogP contribution in [0.25, 0.3) is 0 Å². The molecule has 10 heteroatoms. The van der Waals surface area contributed by atoms with E-state index in [4.69, 9.17) is 28.4 Å². The molecule has 0 aliphatic heterocycles. The Balaban J connectivity index is 1.34. The van der Waals surface area contributed by atoms with Gasteiger partial charge in [0.25, 0.3) is 0 Å². The summed E-state index contributed by atoms with van der Waals surface area (Å²) in [4.78, 5) is 47.5. The van der Waals surface area contributed by atoms with Gasteiger partial charge in [0.2, 0.25) is 0 Å². The minimum absolute atomic E-state index is 0.322. The molecule has 0 atom stereocenters. The van der Waals surface area contributed by atoms with Crippen molar-refractivity contribution >= 4 is 23.9 Å². The fraction of sp³-hybridized carbons (Fsp3) is 0.350. The van der Waals surface area contributed by atoms with Gasteiger partial charge in [0.15, 0.2) is 0 Å². The quantitative estimate of drug-likeness (QED) is 0.0418. The molecule has 266 valence electrons. The van der Waals surface area contributed by atoms with E-state index in [-0.39, 0.29) is 0 Å². The Bertz CT molecular complexity index is 1540. The SMILES string of the molecule is C=CC(=O)OCCCCCCCOc1ccc(C(=O)Oc2ccc(OC(=O)c3ccc(OCCCCCCOC(=O)C=C)cc3)cc2C)cc1. The summed E-state index contributed by atoms with van der Waals surface area (Å²) in [6, 6.07) is 18.3. The molecule has 0 saturated carbocycles. The van der Waals surface area contributed by atoms with Gasteiger partial charge in [-0.1, -0.05) is 32.4 Å². The van der Waals surface area contributed by atoms with E-state index in [1.165, 1.54) is 0 Å². The van der Waals surface area contributed by atoms with Crippen molar-refractivity contribution in [1.29, 1.82) is 0 Å². The number of aryl methyl sites for hydroxylation is 1. The number of carbonyl (C=O) groups excluding carboxylic acids is 4. The molecule has 10 nitrogen and oxygen atoms in total. The Morgan fingerprint density at radius 2 is 0.920 bits per heavy atom. The molecule has 0 heterocycles. The van der Waals surface area contributed by atoms with Crippen LogP contribution in [0.15, 0.2) is 92.0 Å². The van der Waals surface area contributed by atoms with Crippen LogP contribution < -0.4 is 18.9 Å². The van der Waals surface area contributed by atoms with Gasteiger partial charge in [0.1, 0.15) is 23.0 Å². The van der Waals surface area contributed by atoms with Gasteiger partial charge in [-0.05, 0) is 118 Å². The van der Waals surface area contributed by atoms with E-state index in [1.54, 1.807) is 73.7 Å². The van der Waals surface area contributed by atoms with Gasteiger partial charge in [0.05, 0.1) is 37.6 Å². The predicted octanol–water partition coefficient (Wildman–Crippen LogP) is 8.16. The molecule has 0 saturated heterocycles. The first-order chi connectivity index (χ1) is 24.3. The van der Waals surface area contributed by atoms with Gasteiger partial charge < -0.3 is 28.4 Å². The molecule has 0 aliphatic rings. The lowest BCUT2D eigenvalue weighted by Gasteiger charge is -2.11. The molecule has 0 spiro atoms. The summed E-state index contributed by atoms with van der Waals surface area (Å²) in [7, 11) is 0. The molecule has 0 aromatic heterocycles. The van der Waals surface area contributed by atoms with Gasteiger partial charge in [-0.15, -0.1) is 0 Å². The molecule has 3 aromatic carbocycles. The van der Waals surface area contributed by atoms with E-state index in [0.717, 1.165) is 69.9 Å². The summed E-state index contributed by atoms with van der Waals surface area (Å²) in [5.74, 6) is 0.149. The lowest BCUT2D eigenvalue weighted by Crippen LogP contribution is -2.10. The second-order valence-electron chi connectivity index (χ2n) is 11.4. The minimum atomic E-state index is -0.524. The van der Waals surface area contributed by atoms with Crippen molar-refractivity contribution in [1.82, 2.24) is 0 Å². The summed E-state index contributed by atoms with van der Waals surface area (Å²) >= 11 is 0. The van der Waals surface area contributed by atoms with Crippen LogP contribution in [0.4, 0.5) is 0 Å². The van der Waals surface area contributed by atoms with Crippen LogP contribution in [-0.4, -0.2) is 50.3 Å². The van der Waals surface area contributed by atoms with Crippen LogP contribution in [-0.2, 0) is 19.1 Å². The number of esters is 4. The van der Waals surface area contributed by atoms with E-state index in [9.17, 15) is 19.2 Å². The Labute approximate surface area is 294 Å². The van der Waals surface area contributed by atoms with Crippen molar-refractivity contribution in [2.45, 2.75) is 64.7 Å². The van der Waals surface area contributed by atoms with E-state index in [1.807, 2.05) is 0 Å². The molecule has 0 fully saturated rings. The lowest BCUT2D eigenvalue weighted by atomic mass is 10.1. The molecule has 3 rings (SSSR count). The smallest absolute Gasteiger partial charge is 0.343 e. The Hall–Kier alpha value is -5.38. The fourth-order valence-electron chi connectivity index (χ4n) is 4.63. The topological polar surface area (TPSA) is 124 Å². The predicted molar refractivity (Wildman–Crippen MR) is 189 cm³/mol. The highest BCUT2D eigenvalue weighted by atomic mass is 16.5. The number of rotatable bonds is 23. The number of unbranched alkanes of at least 4 members (excludes halogenated alkanes) is 7. The lowest BCUT2D eigenvalue weighted by molar-refractivity contribution is -0.138. The zero-order chi connectivity index (χ0) is 36.0. The molecule has 3 aromatic rings. The van der Waals surface area contributed by atoms with Gasteiger partial charge in [0, 0.05) is 12.2 Å². The first-order valence-electron chi connectivity index (χ1n) is 16.9. The highest BCUT2D eigenvalue weighted by Gasteiger charge is 2.14. The molecular weight excluding hydrogens is 640 g/mol. The molecular formula is C40H46O10. The molecule has 0 radical (unpaired) electrons. The molecule has 0 aliphatic carbocycles. The van der Waals surface area contributed by atoms with Crippen LogP contribution in [0.5, 0.6) is 23.0 Å². The average Bonchev–Trinajstić information content (AvgIpc) is 3.13. The van der Waals surface area contributed by atoms with Crippen LogP contribution >= 0.6 is 0 Å². The van der Waals surface area contributed by atoms with Crippen molar-refractivity contribution in [2.24, 2.45) is 0 Å². The Morgan fingerprint density at radius 3 is 1.36 bits per heavy atom. The molecule has 0 unspecified atom stereocenters. The first-order valence-corrected chi connectivity index (χ1v) is 16.9. The average molecular weight is 687 g/mol. The van der Waals surface area contributed by atoms with Crippen molar-refractivity contribution in [2.75, 3.05) is 26.4 Å². The maximum atomic E-state index is 12.8. The minimum Gasteiger partial charge on any atom is -0.494 e. The van der Waals surface area contributed by atoms with Crippen molar-refractivity contribution in [3.8, 4) is 23.0 Å². The van der Waals surface area contributed by atoms with Crippen molar-refractivity contribution < 1.29 is 47.6 Å². The standard InChI is InChI=1S/C40H46O10/c1-4-37(41)47-27-13-8-6-7-11-25-45-34-21-17-32(18-22-34)40(44)50-36-24-23-35(29-30(36)3)49-39(43)31-15-19-33(20-16-31)46-26-12-9-10-14-28-48-38(42)5-2/h4-5,15-24,29H,1-2,6-14,25-28H2,3H3.